The molecule has 0 amide bonds. The maximum Gasteiger partial charge on any atom is 0.0922 e. The van der Waals surface area contributed by atoms with Crippen molar-refractivity contribution in [1.82, 2.24) is 29.5 Å². The number of hydrogen-bond acceptors (Lipinski definition) is 5. The summed E-state index contributed by atoms with van der Waals surface area (Å²) in [7, 11) is 0. The number of hydrogen-bond donors (Lipinski definition) is 2. The van der Waals surface area contributed by atoms with Gasteiger partial charge >= 0.3 is 0 Å². The molecular formula is C20H32N6O. The molecule has 0 unspecified atom stereocenters. The number of aromatic amines is 1. The van der Waals surface area contributed by atoms with Crippen molar-refractivity contribution < 1.29 is 5.11 Å². The van der Waals surface area contributed by atoms with Crippen LogP contribution in [0, 0.1) is 11.3 Å². The van der Waals surface area contributed by atoms with Crippen LogP contribution >= 0.6 is 0 Å². The second-order valence-electron chi connectivity index (χ2n) is 8.27. The van der Waals surface area contributed by atoms with E-state index >= 15 is 0 Å². The van der Waals surface area contributed by atoms with Gasteiger partial charge in [-0.3, -0.25) is 9.58 Å². The summed E-state index contributed by atoms with van der Waals surface area (Å²) < 4.78 is 2.02. The fourth-order valence-corrected chi connectivity index (χ4v) is 4.96. The van der Waals surface area contributed by atoms with Crippen molar-refractivity contribution in [2.75, 3.05) is 39.3 Å². The van der Waals surface area contributed by atoms with Crippen LogP contribution in [-0.4, -0.2) is 74.0 Å². The van der Waals surface area contributed by atoms with Gasteiger partial charge in [-0.05, 0) is 63.3 Å². The van der Waals surface area contributed by atoms with Crippen LogP contribution in [0.2, 0.25) is 0 Å². The van der Waals surface area contributed by atoms with Crippen molar-refractivity contribution in [1.29, 1.82) is 0 Å². The molecule has 7 heteroatoms. The average Bonchev–Trinajstić information content (AvgIpc) is 3.39. The quantitative estimate of drug-likeness (QED) is 0.772. The molecule has 2 aromatic rings. The van der Waals surface area contributed by atoms with Crippen molar-refractivity contribution in [3.8, 4) is 0 Å². The highest BCUT2D eigenvalue weighted by Crippen LogP contribution is 2.45. The zero-order valence-corrected chi connectivity index (χ0v) is 16.1. The summed E-state index contributed by atoms with van der Waals surface area (Å²) in [5, 5.41) is 14.4. The molecule has 1 spiro atoms. The van der Waals surface area contributed by atoms with Crippen LogP contribution in [0.1, 0.15) is 31.4 Å². The summed E-state index contributed by atoms with van der Waals surface area (Å²) in [4.78, 5) is 12.4. The molecule has 0 bridgehead atoms. The second-order valence-corrected chi connectivity index (χ2v) is 8.27. The molecule has 2 N–H and O–H groups in total. The molecule has 4 rings (SSSR count). The summed E-state index contributed by atoms with van der Waals surface area (Å²) in [6, 6.07) is 1.98. The standard InChI is InChI=1S/C20H32N6O/c27-16-18-14-25(15-19-13-21-17-22-19)12-5-20(18)3-10-24(11-4-20)7-2-9-26-8-1-6-23-26/h1,6,8,13,17-18,27H,2-5,7,9-12,14-16H2,(H,21,22)/t18-/m1/s1. The Morgan fingerprint density at radius 1 is 1.15 bits per heavy atom. The minimum Gasteiger partial charge on any atom is -0.396 e. The first-order chi connectivity index (χ1) is 13.3. The Kier molecular flexibility index (Phi) is 5.90. The average molecular weight is 373 g/mol. The molecule has 2 saturated heterocycles. The van der Waals surface area contributed by atoms with Gasteiger partial charge in [0, 0.05) is 56.4 Å². The molecule has 2 aliphatic heterocycles. The predicted octanol–water partition coefficient (Wildman–Crippen LogP) is 1.59. The smallest absolute Gasteiger partial charge is 0.0922 e. The SMILES string of the molecule is OC[C@H]1CN(Cc2cnc[nH]2)CCC12CCN(CCCn1cccn1)CC2. The fourth-order valence-electron chi connectivity index (χ4n) is 4.96. The van der Waals surface area contributed by atoms with E-state index in [9.17, 15) is 5.11 Å². The number of imidazole rings is 1. The van der Waals surface area contributed by atoms with E-state index in [-0.39, 0.29) is 0 Å². The lowest BCUT2D eigenvalue weighted by molar-refractivity contribution is -0.0441. The third kappa shape index (κ3) is 4.42. The van der Waals surface area contributed by atoms with Crippen molar-refractivity contribution in [2.45, 2.75) is 38.8 Å². The van der Waals surface area contributed by atoms with Gasteiger partial charge in [-0.2, -0.15) is 5.10 Å². The number of nitrogens with zero attached hydrogens (tertiary/aromatic N) is 5. The van der Waals surface area contributed by atoms with Crippen LogP contribution in [0.4, 0.5) is 0 Å². The normalized spacial score (nSPS) is 23.8. The number of rotatable bonds is 7. The molecule has 0 aliphatic carbocycles. The Labute approximate surface area is 161 Å². The maximum atomic E-state index is 10.1. The fraction of sp³-hybridized carbons (Fsp3) is 0.700. The third-order valence-corrected chi connectivity index (χ3v) is 6.71. The molecule has 2 aromatic heterocycles. The molecule has 0 aromatic carbocycles. The van der Waals surface area contributed by atoms with E-state index in [1.54, 1.807) is 6.33 Å². The summed E-state index contributed by atoms with van der Waals surface area (Å²) >= 11 is 0. The Bertz CT molecular complexity index is 663. The number of H-pyrrole nitrogens is 1. The van der Waals surface area contributed by atoms with E-state index in [1.807, 2.05) is 29.3 Å². The van der Waals surface area contributed by atoms with E-state index in [0.29, 0.717) is 17.9 Å². The Morgan fingerprint density at radius 2 is 1.96 bits per heavy atom. The molecule has 148 valence electrons. The van der Waals surface area contributed by atoms with Crippen molar-refractivity contribution in [2.24, 2.45) is 11.3 Å². The van der Waals surface area contributed by atoms with Gasteiger partial charge in [0.2, 0.25) is 0 Å². The third-order valence-electron chi connectivity index (χ3n) is 6.71. The lowest BCUT2D eigenvalue weighted by Gasteiger charge is -2.51. The first-order valence-corrected chi connectivity index (χ1v) is 10.3. The van der Waals surface area contributed by atoms with E-state index in [1.165, 1.54) is 19.3 Å². The number of aliphatic hydroxyl groups is 1. The van der Waals surface area contributed by atoms with Gasteiger partial charge in [0.1, 0.15) is 0 Å². The minimum atomic E-state index is 0.304. The largest absolute Gasteiger partial charge is 0.396 e. The summed E-state index contributed by atoms with van der Waals surface area (Å²) in [6.07, 6.45) is 12.3. The molecule has 7 nitrogen and oxygen atoms in total. The van der Waals surface area contributed by atoms with Gasteiger partial charge in [0.25, 0.3) is 0 Å². The number of piperidine rings is 2. The van der Waals surface area contributed by atoms with E-state index in [0.717, 1.165) is 57.9 Å². The van der Waals surface area contributed by atoms with E-state index < -0.39 is 0 Å². The zero-order chi connectivity index (χ0) is 18.5. The van der Waals surface area contributed by atoms with Gasteiger partial charge in [-0.1, -0.05) is 0 Å². The maximum absolute atomic E-state index is 10.1. The van der Waals surface area contributed by atoms with Gasteiger partial charge in [0.15, 0.2) is 0 Å². The van der Waals surface area contributed by atoms with Gasteiger partial charge in [-0.15, -0.1) is 0 Å². The Morgan fingerprint density at radius 3 is 2.63 bits per heavy atom. The lowest BCUT2D eigenvalue weighted by atomic mass is 9.64. The summed E-state index contributed by atoms with van der Waals surface area (Å²) in [6.45, 7) is 7.79. The molecule has 2 fully saturated rings. The molecule has 0 radical (unpaired) electrons. The van der Waals surface area contributed by atoms with Crippen molar-refractivity contribution in [3.63, 3.8) is 0 Å². The molecule has 1 atom stereocenters. The Balaban J connectivity index is 1.25. The van der Waals surface area contributed by atoms with Crippen molar-refractivity contribution in [3.05, 3.63) is 36.7 Å². The van der Waals surface area contributed by atoms with Gasteiger partial charge in [-0.25, -0.2) is 4.98 Å². The summed E-state index contributed by atoms with van der Waals surface area (Å²) in [5.74, 6) is 0.389. The van der Waals surface area contributed by atoms with Crippen LogP contribution in [0.15, 0.2) is 31.0 Å². The van der Waals surface area contributed by atoms with Gasteiger partial charge < -0.3 is 15.0 Å². The van der Waals surface area contributed by atoms with Crippen LogP contribution in [0.25, 0.3) is 0 Å². The first kappa shape index (κ1) is 18.7. The highest BCUT2D eigenvalue weighted by Gasteiger charge is 2.44. The molecule has 27 heavy (non-hydrogen) atoms. The molecule has 4 heterocycles. The number of likely N-dealkylation sites (tertiary alicyclic amines) is 2. The molecule has 0 saturated carbocycles. The van der Waals surface area contributed by atoms with E-state index in [2.05, 4.69) is 24.9 Å². The van der Waals surface area contributed by atoms with Crippen molar-refractivity contribution >= 4 is 0 Å². The monoisotopic (exact) mass is 372 g/mol. The highest BCUT2D eigenvalue weighted by atomic mass is 16.3. The minimum absolute atomic E-state index is 0.304. The molecular weight excluding hydrogens is 340 g/mol. The highest BCUT2D eigenvalue weighted by molar-refractivity contribution is 4.99. The predicted molar refractivity (Wildman–Crippen MR) is 104 cm³/mol. The zero-order valence-electron chi connectivity index (χ0n) is 16.1. The molecule has 2 aliphatic rings. The number of aromatic nitrogens is 4. The number of nitrogens with one attached hydrogen (secondary N) is 1. The lowest BCUT2D eigenvalue weighted by Crippen LogP contribution is -2.53. The van der Waals surface area contributed by atoms with Crippen LogP contribution in [0.3, 0.4) is 0 Å². The first-order valence-electron chi connectivity index (χ1n) is 10.3. The van der Waals surface area contributed by atoms with E-state index in [4.69, 9.17) is 0 Å². The number of aliphatic hydroxyl groups excluding tert-OH is 1. The van der Waals surface area contributed by atoms with Crippen LogP contribution < -0.4 is 0 Å². The van der Waals surface area contributed by atoms with Crippen LogP contribution in [0.5, 0.6) is 0 Å². The Hall–Kier alpha value is -1.70. The topological polar surface area (TPSA) is 73.2 Å². The summed E-state index contributed by atoms with van der Waals surface area (Å²) in [5.41, 5.74) is 1.49. The van der Waals surface area contributed by atoms with Crippen LogP contribution in [-0.2, 0) is 13.1 Å². The number of aryl methyl sites for hydroxylation is 1. The second kappa shape index (κ2) is 8.54. The van der Waals surface area contributed by atoms with Gasteiger partial charge in [0.05, 0.1) is 6.33 Å².